The van der Waals surface area contributed by atoms with Crippen molar-refractivity contribution in [2.24, 2.45) is 0 Å². The molecule has 3 heterocycles. The summed E-state index contributed by atoms with van der Waals surface area (Å²) in [5.41, 5.74) is 3.70. The Labute approximate surface area is 185 Å². The van der Waals surface area contributed by atoms with E-state index in [0.717, 1.165) is 63.6 Å². The lowest BCUT2D eigenvalue weighted by atomic mass is 10.0. The molecule has 0 spiro atoms. The number of aromatic nitrogens is 3. The third-order valence-corrected chi connectivity index (χ3v) is 6.09. The van der Waals surface area contributed by atoms with E-state index in [1.165, 1.54) is 28.3 Å². The molecule has 0 radical (unpaired) electrons. The number of ether oxygens (including phenoxy) is 1. The third-order valence-electron chi connectivity index (χ3n) is 6.09. The van der Waals surface area contributed by atoms with Crippen LogP contribution in [0.2, 0.25) is 0 Å². The van der Waals surface area contributed by atoms with Gasteiger partial charge in [-0.05, 0) is 42.3 Å². The molecule has 2 aliphatic heterocycles. The normalized spacial score (nSPS) is 17.4. The summed E-state index contributed by atoms with van der Waals surface area (Å²) in [6.07, 6.45) is 2.39. The summed E-state index contributed by atoms with van der Waals surface area (Å²) in [6, 6.07) is 10.6. The van der Waals surface area contributed by atoms with E-state index in [1.54, 1.807) is 0 Å². The summed E-state index contributed by atoms with van der Waals surface area (Å²) in [5.74, 6) is -1.42. The number of halogens is 2. The van der Waals surface area contributed by atoms with E-state index in [-0.39, 0.29) is 0 Å². The summed E-state index contributed by atoms with van der Waals surface area (Å²) in [5, 5.41) is 7.61. The fourth-order valence-corrected chi connectivity index (χ4v) is 4.17. The molecule has 2 fully saturated rings. The smallest absolute Gasteiger partial charge is 0.246 e. The highest BCUT2D eigenvalue weighted by Crippen LogP contribution is 2.29. The zero-order valence-electron chi connectivity index (χ0n) is 18.0. The quantitative estimate of drug-likeness (QED) is 0.634. The number of hydrogen-bond donors (Lipinski definition) is 1. The van der Waals surface area contributed by atoms with Crippen molar-refractivity contribution in [2.75, 3.05) is 49.6 Å². The minimum absolute atomic E-state index is 0.392. The van der Waals surface area contributed by atoms with Crippen LogP contribution in [0.5, 0.6) is 0 Å². The molecule has 1 aromatic heterocycles. The molecule has 32 heavy (non-hydrogen) atoms. The number of rotatable bonds is 6. The van der Waals surface area contributed by atoms with Gasteiger partial charge in [-0.1, -0.05) is 6.92 Å². The average Bonchev–Trinajstić information content (AvgIpc) is 3.23. The lowest BCUT2D eigenvalue weighted by Gasteiger charge is -2.47. The highest BCUT2D eigenvalue weighted by molar-refractivity contribution is 5.65. The Kier molecular flexibility index (Phi) is 5.75. The molecule has 2 aromatic carbocycles. The van der Waals surface area contributed by atoms with Gasteiger partial charge in [-0.2, -0.15) is 4.98 Å². The van der Waals surface area contributed by atoms with Crippen molar-refractivity contribution < 1.29 is 13.5 Å². The predicted molar refractivity (Wildman–Crippen MR) is 119 cm³/mol. The van der Waals surface area contributed by atoms with E-state index in [9.17, 15) is 8.78 Å². The standard InChI is InChI=1S/C23H26F2N6O/c1-2-16-9-17(11-19(10-16)30-13-20(14-30)29-5-7-32-8-6-29)27-23-26-15-31(28-23)18-3-4-21(24)22(25)12-18/h3-4,9-12,15,20H,2,5-8,13-14H2,1H3,(H,27,28). The van der Waals surface area contributed by atoms with Crippen LogP contribution in [0.1, 0.15) is 12.5 Å². The van der Waals surface area contributed by atoms with E-state index in [1.807, 2.05) is 0 Å². The number of hydrogen-bond acceptors (Lipinski definition) is 6. The molecule has 0 bridgehead atoms. The molecule has 5 rings (SSSR count). The number of nitrogens with zero attached hydrogens (tertiary/aromatic N) is 5. The minimum atomic E-state index is -0.919. The number of aryl methyl sites for hydroxylation is 1. The molecular formula is C23H26F2N6O. The van der Waals surface area contributed by atoms with E-state index in [0.29, 0.717) is 17.7 Å². The molecule has 3 aromatic rings. The molecule has 9 heteroatoms. The van der Waals surface area contributed by atoms with Gasteiger partial charge in [-0.25, -0.2) is 13.5 Å². The Morgan fingerprint density at radius 2 is 1.84 bits per heavy atom. The van der Waals surface area contributed by atoms with E-state index in [4.69, 9.17) is 4.74 Å². The lowest BCUT2D eigenvalue weighted by Crippen LogP contribution is -2.61. The molecule has 168 valence electrons. The molecule has 7 nitrogen and oxygen atoms in total. The van der Waals surface area contributed by atoms with E-state index in [2.05, 4.69) is 50.3 Å². The van der Waals surface area contributed by atoms with Gasteiger partial charge >= 0.3 is 0 Å². The van der Waals surface area contributed by atoms with Gasteiger partial charge in [0.15, 0.2) is 11.6 Å². The van der Waals surface area contributed by atoms with Crippen LogP contribution in [0.25, 0.3) is 5.69 Å². The van der Waals surface area contributed by atoms with Gasteiger partial charge < -0.3 is 15.0 Å². The molecule has 0 amide bonds. The summed E-state index contributed by atoms with van der Waals surface area (Å²) in [4.78, 5) is 9.17. The van der Waals surface area contributed by atoms with Gasteiger partial charge in [0.05, 0.1) is 18.9 Å². The molecule has 2 aliphatic rings. The SMILES string of the molecule is CCc1cc(Nc2ncn(-c3ccc(F)c(F)c3)n2)cc(N2CC(N3CCOCC3)C2)c1. The number of morpholine rings is 1. The second-order valence-corrected chi connectivity index (χ2v) is 8.18. The first-order valence-electron chi connectivity index (χ1n) is 10.9. The molecule has 0 saturated carbocycles. The zero-order valence-corrected chi connectivity index (χ0v) is 18.0. The van der Waals surface area contributed by atoms with Crippen LogP contribution in [0.15, 0.2) is 42.7 Å². The molecule has 0 atom stereocenters. The van der Waals surface area contributed by atoms with Crippen molar-refractivity contribution in [3.8, 4) is 5.69 Å². The lowest BCUT2D eigenvalue weighted by molar-refractivity contribution is 0.0105. The fourth-order valence-electron chi connectivity index (χ4n) is 4.17. The summed E-state index contributed by atoms with van der Waals surface area (Å²) in [6.45, 7) is 7.80. The van der Waals surface area contributed by atoms with Crippen LogP contribution < -0.4 is 10.2 Å². The fraction of sp³-hybridized carbons (Fsp3) is 0.391. The maximum atomic E-state index is 13.5. The maximum Gasteiger partial charge on any atom is 0.246 e. The van der Waals surface area contributed by atoms with Crippen molar-refractivity contribution in [1.82, 2.24) is 19.7 Å². The van der Waals surface area contributed by atoms with Crippen molar-refractivity contribution in [3.05, 3.63) is 59.9 Å². The van der Waals surface area contributed by atoms with Crippen LogP contribution in [-0.2, 0) is 11.2 Å². The van der Waals surface area contributed by atoms with Gasteiger partial charge in [-0.15, -0.1) is 5.10 Å². The number of nitrogens with one attached hydrogen (secondary N) is 1. The predicted octanol–water partition coefficient (Wildman–Crippen LogP) is 3.37. The number of anilines is 3. The van der Waals surface area contributed by atoms with E-state index >= 15 is 0 Å². The summed E-state index contributed by atoms with van der Waals surface area (Å²) < 4.78 is 33.6. The minimum Gasteiger partial charge on any atom is -0.379 e. The first-order valence-corrected chi connectivity index (χ1v) is 10.9. The maximum absolute atomic E-state index is 13.5. The average molecular weight is 440 g/mol. The Bertz CT molecular complexity index is 1090. The largest absolute Gasteiger partial charge is 0.379 e. The van der Waals surface area contributed by atoms with Gasteiger partial charge in [0.25, 0.3) is 0 Å². The van der Waals surface area contributed by atoms with Crippen molar-refractivity contribution in [1.29, 1.82) is 0 Å². The van der Waals surface area contributed by atoms with Crippen molar-refractivity contribution in [3.63, 3.8) is 0 Å². The molecule has 0 unspecified atom stereocenters. The van der Waals surface area contributed by atoms with Crippen LogP contribution in [0, 0.1) is 11.6 Å². The third kappa shape index (κ3) is 4.31. The van der Waals surface area contributed by atoms with Gasteiger partial charge in [0.2, 0.25) is 5.95 Å². The molecule has 1 N–H and O–H groups in total. The van der Waals surface area contributed by atoms with E-state index < -0.39 is 11.6 Å². The van der Waals surface area contributed by atoms with Crippen LogP contribution in [0.4, 0.5) is 26.1 Å². The van der Waals surface area contributed by atoms with Crippen molar-refractivity contribution >= 4 is 17.3 Å². The number of benzene rings is 2. The first-order chi connectivity index (χ1) is 15.6. The Balaban J connectivity index is 1.29. The van der Waals surface area contributed by atoms with Gasteiger partial charge in [-0.3, -0.25) is 4.90 Å². The molecular weight excluding hydrogens is 414 g/mol. The molecule has 2 saturated heterocycles. The first kappa shape index (κ1) is 20.8. The summed E-state index contributed by atoms with van der Waals surface area (Å²) in [7, 11) is 0. The zero-order chi connectivity index (χ0) is 22.1. The van der Waals surface area contributed by atoms with Crippen LogP contribution in [-0.4, -0.2) is 65.1 Å². The highest BCUT2D eigenvalue weighted by Gasteiger charge is 2.32. The second-order valence-electron chi connectivity index (χ2n) is 8.18. The molecule has 0 aliphatic carbocycles. The topological polar surface area (TPSA) is 58.5 Å². The Morgan fingerprint density at radius 3 is 2.59 bits per heavy atom. The van der Waals surface area contributed by atoms with Crippen LogP contribution in [0.3, 0.4) is 0 Å². The Morgan fingerprint density at radius 1 is 1.03 bits per heavy atom. The summed E-state index contributed by atoms with van der Waals surface area (Å²) >= 11 is 0. The monoisotopic (exact) mass is 440 g/mol. The highest BCUT2D eigenvalue weighted by atomic mass is 19.2. The second kappa shape index (κ2) is 8.84. The van der Waals surface area contributed by atoms with Gasteiger partial charge in [0, 0.05) is 49.7 Å². The van der Waals surface area contributed by atoms with Crippen molar-refractivity contribution in [2.45, 2.75) is 19.4 Å². The van der Waals surface area contributed by atoms with Gasteiger partial charge in [0.1, 0.15) is 6.33 Å². The van der Waals surface area contributed by atoms with Crippen LogP contribution >= 0.6 is 0 Å². The Hall–Kier alpha value is -3.04.